The molecule has 122 valence electrons. The van der Waals surface area contributed by atoms with Crippen molar-refractivity contribution in [1.82, 2.24) is 15.7 Å². The van der Waals surface area contributed by atoms with Gasteiger partial charge in [0.25, 0.3) is 0 Å². The van der Waals surface area contributed by atoms with Crippen LogP contribution in [0.15, 0.2) is 53.1 Å². The van der Waals surface area contributed by atoms with E-state index in [-0.39, 0.29) is 5.78 Å². The number of allylic oxidation sites excluding steroid dienone is 1. The Morgan fingerprint density at radius 1 is 1.39 bits per heavy atom. The van der Waals surface area contributed by atoms with Crippen LogP contribution in [0.25, 0.3) is 0 Å². The third-order valence-electron chi connectivity index (χ3n) is 2.95. The molecule has 6 heteroatoms. The van der Waals surface area contributed by atoms with E-state index < -0.39 is 0 Å². The molecular weight excluding hydrogens is 290 g/mol. The van der Waals surface area contributed by atoms with Gasteiger partial charge in [0, 0.05) is 36.1 Å². The lowest BCUT2D eigenvalue weighted by atomic mass is 10.1. The van der Waals surface area contributed by atoms with Crippen molar-refractivity contribution in [2.24, 2.45) is 10.1 Å². The number of nitrogens with zero attached hydrogens (tertiary/aromatic N) is 3. The SMILES string of the molecule is C=C(/C=N\C(=C)N/N=C(\C)c1cccnc1C)NCCC(C)=O. The number of carbonyl (C=O) groups excluding carboxylic acids is 1. The minimum atomic E-state index is 0.129. The maximum atomic E-state index is 10.8. The standard InChI is InChI=1S/C17H23N5O/c1-12(18-10-8-13(2)23)11-20-16(5)22-21-15(4)17-7-6-9-19-14(17)3/h6-7,9,11,18,22H,1,5,8,10H2,2-4H3/b20-11-,21-15+. The average molecular weight is 313 g/mol. The van der Waals surface area contributed by atoms with Gasteiger partial charge in [0.15, 0.2) is 0 Å². The molecule has 0 amide bonds. The molecule has 0 saturated carbocycles. The monoisotopic (exact) mass is 313 g/mol. The molecule has 0 atom stereocenters. The highest BCUT2D eigenvalue weighted by Gasteiger charge is 2.01. The number of ketones is 1. The highest BCUT2D eigenvalue weighted by Crippen LogP contribution is 2.05. The second-order valence-corrected chi connectivity index (χ2v) is 5.05. The van der Waals surface area contributed by atoms with E-state index in [0.29, 0.717) is 24.5 Å². The summed E-state index contributed by atoms with van der Waals surface area (Å²) in [5, 5.41) is 7.23. The van der Waals surface area contributed by atoms with E-state index in [1.54, 1.807) is 13.1 Å². The molecule has 0 aliphatic rings. The fraction of sp³-hybridized carbons (Fsp3) is 0.294. The quantitative estimate of drug-likeness (QED) is 0.542. The average Bonchev–Trinajstić information content (AvgIpc) is 2.50. The van der Waals surface area contributed by atoms with Crippen LogP contribution < -0.4 is 10.7 Å². The molecule has 2 N–H and O–H groups in total. The summed E-state index contributed by atoms with van der Waals surface area (Å²) in [6, 6.07) is 3.82. The maximum absolute atomic E-state index is 10.8. The van der Waals surface area contributed by atoms with Crippen molar-refractivity contribution >= 4 is 17.7 Å². The molecular formula is C17H23N5O. The Hall–Kier alpha value is -2.76. The van der Waals surface area contributed by atoms with E-state index in [4.69, 9.17) is 0 Å². The van der Waals surface area contributed by atoms with Gasteiger partial charge in [-0.25, -0.2) is 4.99 Å². The Morgan fingerprint density at radius 3 is 2.78 bits per heavy atom. The lowest BCUT2D eigenvalue weighted by Gasteiger charge is -2.06. The van der Waals surface area contributed by atoms with Gasteiger partial charge in [-0.1, -0.05) is 13.2 Å². The normalized spacial score (nSPS) is 11.3. The summed E-state index contributed by atoms with van der Waals surface area (Å²) in [7, 11) is 0. The molecule has 0 saturated heterocycles. The molecule has 0 aliphatic heterocycles. The first-order chi connectivity index (χ1) is 10.9. The van der Waals surface area contributed by atoms with Crippen LogP contribution in [0, 0.1) is 6.92 Å². The number of Topliss-reactive ketones (excluding diaryl/α,β-unsaturated/α-hetero) is 1. The number of pyridine rings is 1. The van der Waals surface area contributed by atoms with Crippen LogP contribution in [0.2, 0.25) is 0 Å². The van der Waals surface area contributed by atoms with Crippen molar-refractivity contribution < 1.29 is 4.79 Å². The zero-order valence-corrected chi connectivity index (χ0v) is 13.9. The fourth-order valence-electron chi connectivity index (χ4n) is 1.70. The van der Waals surface area contributed by atoms with Crippen LogP contribution in [0.3, 0.4) is 0 Å². The van der Waals surface area contributed by atoms with Gasteiger partial charge in [0.05, 0.1) is 11.9 Å². The molecule has 0 unspecified atom stereocenters. The number of aliphatic imine (C=N–C) groups is 1. The summed E-state index contributed by atoms with van der Waals surface area (Å²) in [4.78, 5) is 19.2. The summed E-state index contributed by atoms with van der Waals surface area (Å²) in [6.45, 7) is 13.5. The van der Waals surface area contributed by atoms with Crippen LogP contribution in [0.5, 0.6) is 0 Å². The second-order valence-electron chi connectivity index (χ2n) is 5.05. The molecule has 0 aliphatic carbocycles. The Labute approximate surface area is 137 Å². The predicted octanol–water partition coefficient (Wildman–Crippen LogP) is 2.33. The van der Waals surface area contributed by atoms with Crippen molar-refractivity contribution in [3.05, 3.63) is 54.3 Å². The molecule has 0 fully saturated rings. The first-order valence-electron chi connectivity index (χ1n) is 7.27. The van der Waals surface area contributed by atoms with Gasteiger partial charge in [-0.2, -0.15) is 5.10 Å². The van der Waals surface area contributed by atoms with Crippen molar-refractivity contribution in [3.8, 4) is 0 Å². The first kappa shape index (κ1) is 18.3. The fourth-order valence-corrected chi connectivity index (χ4v) is 1.70. The minimum absolute atomic E-state index is 0.129. The van der Waals surface area contributed by atoms with Crippen molar-refractivity contribution in [2.45, 2.75) is 27.2 Å². The van der Waals surface area contributed by atoms with Gasteiger partial charge in [0.1, 0.15) is 11.6 Å². The van der Waals surface area contributed by atoms with E-state index >= 15 is 0 Å². The van der Waals surface area contributed by atoms with E-state index in [1.165, 1.54) is 6.21 Å². The molecule has 6 nitrogen and oxygen atoms in total. The van der Waals surface area contributed by atoms with E-state index in [2.05, 4.69) is 39.0 Å². The molecule has 1 rings (SSSR count). The number of hydrogen-bond donors (Lipinski definition) is 2. The molecule has 0 bridgehead atoms. The zero-order chi connectivity index (χ0) is 17.2. The summed E-state index contributed by atoms with van der Waals surface area (Å²) < 4.78 is 0. The molecule has 1 heterocycles. The van der Waals surface area contributed by atoms with Gasteiger partial charge in [0.2, 0.25) is 0 Å². The number of hydrogen-bond acceptors (Lipinski definition) is 6. The van der Waals surface area contributed by atoms with Gasteiger partial charge >= 0.3 is 0 Å². The molecule has 0 aromatic carbocycles. The molecule has 0 spiro atoms. The van der Waals surface area contributed by atoms with Gasteiger partial charge in [-0.3, -0.25) is 15.2 Å². The smallest absolute Gasteiger partial charge is 0.138 e. The van der Waals surface area contributed by atoms with Crippen LogP contribution in [-0.4, -0.2) is 29.2 Å². The second kappa shape index (κ2) is 9.30. The molecule has 1 aromatic heterocycles. The largest absolute Gasteiger partial charge is 0.384 e. The highest BCUT2D eigenvalue weighted by atomic mass is 16.1. The van der Waals surface area contributed by atoms with Crippen LogP contribution >= 0.6 is 0 Å². The molecule has 1 aromatic rings. The number of hydrazone groups is 1. The highest BCUT2D eigenvalue weighted by molar-refractivity contribution is 5.99. The van der Waals surface area contributed by atoms with Gasteiger partial charge in [-0.05, 0) is 32.9 Å². The number of aromatic nitrogens is 1. The van der Waals surface area contributed by atoms with Crippen LogP contribution in [-0.2, 0) is 4.79 Å². The summed E-state index contributed by atoms with van der Waals surface area (Å²) in [6.07, 6.45) is 3.74. The first-order valence-corrected chi connectivity index (χ1v) is 7.27. The zero-order valence-electron chi connectivity index (χ0n) is 13.9. The lowest BCUT2D eigenvalue weighted by Crippen LogP contribution is -2.17. The van der Waals surface area contributed by atoms with Crippen LogP contribution in [0.4, 0.5) is 0 Å². The van der Waals surface area contributed by atoms with E-state index in [0.717, 1.165) is 17.0 Å². The van der Waals surface area contributed by atoms with E-state index in [1.807, 2.05) is 26.0 Å². The summed E-state index contributed by atoms with van der Waals surface area (Å²) in [5.41, 5.74) is 6.06. The summed E-state index contributed by atoms with van der Waals surface area (Å²) in [5.74, 6) is 0.518. The number of rotatable bonds is 9. The lowest BCUT2D eigenvalue weighted by molar-refractivity contribution is -0.116. The minimum Gasteiger partial charge on any atom is -0.384 e. The third kappa shape index (κ3) is 7.17. The number of nitrogens with one attached hydrogen (secondary N) is 2. The van der Waals surface area contributed by atoms with Gasteiger partial charge < -0.3 is 5.32 Å². The van der Waals surface area contributed by atoms with E-state index in [9.17, 15) is 4.79 Å². The maximum Gasteiger partial charge on any atom is 0.138 e. The van der Waals surface area contributed by atoms with Crippen molar-refractivity contribution in [3.63, 3.8) is 0 Å². The molecule has 23 heavy (non-hydrogen) atoms. The van der Waals surface area contributed by atoms with Crippen molar-refractivity contribution in [1.29, 1.82) is 0 Å². The van der Waals surface area contributed by atoms with Crippen LogP contribution in [0.1, 0.15) is 31.5 Å². The topological polar surface area (TPSA) is 78.7 Å². The molecule has 0 radical (unpaired) electrons. The Balaban J connectivity index is 2.48. The predicted molar refractivity (Wildman–Crippen MR) is 94.4 cm³/mol. The summed E-state index contributed by atoms with van der Waals surface area (Å²) >= 11 is 0. The number of carbonyl (C=O) groups is 1. The Morgan fingerprint density at radius 2 is 2.13 bits per heavy atom. The van der Waals surface area contributed by atoms with Gasteiger partial charge in [-0.15, -0.1) is 0 Å². The Bertz CT molecular complexity index is 646. The number of aryl methyl sites for hydroxylation is 1. The van der Waals surface area contributed by atoms with Crippen molar-refractivity contribution in [2.75, 3.05) is 6.54 Å². The third-order valence-corrected chi connectivity index (χ3v) is 2.95. The Kier molecular flexibility index (Phi) is 7.39.